The molecule has 2 aliphatic heterocycles. The molecule has 0 spiro atoms. The first-order valence-corrected chi connectivity index (χ1v) is 13.1. The molecule has 14 nitrogen and oxygen atoms in total. The van der Waals surface area contributed by atoms with Crippen molar-refractivity contribution in [2.45, 2.75) is 74.7 Å². The third kappa shape index (κ3) is 8.31. The van der Waals surface area contributed by atoms with Gasteiger partial charge in [-0.2, -0.15) is 11.8 Å². The standard InChI is InChI=1S/C22H38N2O12S/c1-3-14(28)23-5-8-37-7-4-6-24(11(2)27)21-18(32)17(31)20(13(10-26)34-21)36-22-19(33)16(30)15(29)12(9-25)35-22/h3,12-13,15-22,25-26,29-33H,1,4-10H2,2H3,(H,23,28)/t12?,13-,15+,16-,17?,18?,19?,20+,21+,22-/m0/s1. The summed E-state index contributed by atoms with van der Waals surface area (Å²) in [6.45, 7) is 3.87. The van der Waals surface area contributed by atoms with Crippen LogP contribution in [0.1, 0.15) is 13.3 Å². The van der Waals surface area contributed by atoms with E-state index in [-0.39, 0.29) is 12.5 Å². The molecule has 15 heteroatoms. The van der Waals surface area contributed by atoms with Gasteiger partial charge >= 0.3 is 0 Å². The lowest BCUT2D eigenvalue weighted by atomic mass is 9.96. The molecule has 8 N–H and O–H groups in total. The Kier molecular flexibility index (Phi) is 13.2. The Bertz CT molecular complexity index is 744. The Morgan fingerprint density at radius 2 is 1.65 bits per heavy atom. The summed E-state index contributed by atoms with van der Waals surface area (Å²) in [5, 5.41) is 73.5. The number of rotatable bonds is 13. The van der Waals surface area contributed by atoms with Gasteiger partial charge in [-0.3, -0.25) is 9.59 Å². The molecule has 0 aromatic heterocycles. The zero-order valence-corrected chi connectivity index (χ0v) is 21.4. The zero-order chi connectivity index (χ0) is 27.7. The fraction of sp³-hybridized carbons (Fsp3) is 0.818. The molecule has 0 aliphatic carbocycles. The van der Waals surface area contributed by atoms with E-state index in [0.29, 0.717) is 24.5 Å². The number of carbonyl (C=O) groups is 2. The Morgan fingerprint density at radius 1 is 0.973 bits per heavy atom. The van der Waals surface area contributed by atoms with E-state index in [9.17, 15) is 45.3 Å². The predicted molar refractivity (Wildman–Crippen MR) is 129 cm³/mol. The number of thioether (sulfide) groups is 1. The van der Waals surface area contributed by atoms with Gasteiger partial charge in [-0.1, -0.05) is 6.58 Å². The van der Waals surface area contributed by atoms with Gasteiger partial charge in [0.1, 0.15) is 48.8 Å². The summed E-state index contributed by atoms with van der Waals surface area (Å²) in [5.74, 6) is 0.567. The summed E-state index contributed by atoms with van der Waals surface area (Å²) in [7, 11) is 0. The van der Waals surface area contributed by atoms with Crippen LogP contribution in [-0.2, 0) is 23.8 Å². The van der Waals surface area contributed by atoms with Gasteiger partial charge in [0.05, 0.1) is 13.2 Å². The largest absolute Gasteiger partial charge is 0.394 e. The van der Waals surface area contributed by atoms with Crippen molar-refractivity contribution in [2.75, 3.05) is 37.8 Å². The maximum absolute atomic E-state index is 12.3. The number of nitrogens with zero attached hydrogens (tertiary/aromatic N) is 1. The maximum Gasteiger partial charge on any atom is 0.243 e. The van der Waals surface area contributed by atoms with Crippen LogP contribution in [0.3, 0.4) is 0 Å². The van der Waals surface area contributed by atoms with E-state index in [1.54, 1.807) is 11.8 Å². The number of carbonyl (C=O) groups excluding carboxylic acids is 2. The lowest BCUT2D eigenvalue weighted by Gasteiger charge is -2.48. The molecule has 0 aromatic carbocycles. The van der Waals surface area contributed by atoms with Gasteiger partial charge in [-0.25, -0.2) is 0 Å². The molecule has 214 valence electrons. The molecule has 2 heterocycles. The SMILES string of the molecule is C=CC(=O)NCCSCCCN(C(C)=O)[C@@H]1O[C@@H](CO)[C@@H](O[C@@H]2OC(CO)[C@@H](O)[C@H](O)C2O)C(O)C1O. The van der Waals surface area contributed by atoms with Gasteiger partial charge in [-0.05, 0) is 18.2 Å². The Labute approximate surface area is 218 Å². The van der Waals surface area contributed by atoms with E-state index >= 15 is 0 Å². The highest BCUT2D eigenvalue weighted by Gasteiger charge is 2.51. The highest BCUT2D eigenvalue weighted by Crippen LogP contribution is 2.30. The number of aliphatic hydroxyl groups excluding tert-OH is 7. The van der Waals surface area contributed by atoms with Crippen molar-refractivity contribution in [2.24, 2.45) is 0 Å². The summed E-state index contributed by atoms with van der Waals surface area (Å²) >= 11 is 1.54. The van der Waals surface area contributed by atoms with Crippen molar-refractivity contribution in [3.63, 3.8) is 0 Å². The average Bonchev–Trinajstić information content (AvgIpc) is 2.88. The number of hydrogen-bond donors (Lipinski definition) is 8. The monoisotopic (exact) mass is 554 g/mol. The minimum Gasteiger partial charge on any atom is -0.394 e. The van der Waals surface area contributed by atoms with E-state index in [1.165, 1.54) is 17.9 Å². The van der Waals surface area contributed by atoms with Crippen LogP contribution in [0.15, 0.2) is 12.7 Å². The van der Waals surface area contributed by atoms with Gasteiger partial charge < -0.3 is 60.2 Å². The van der Waals surface area contributed by atoms with Crippen molar-refractivity contribution in [3.05, 3.63) is 12.7 Å². The van der Waals surface area contributed by atoms with Crippen molar-refractivity contribution in [1.29, 1.82) is 0 Å². The minimum absolute atomic E-state index is 0.173. The second-order valence-electron chi connectivity index (χ2n) is 8.70. The summed E-state index contributed by atoms with van der Waals surface area (Å²) in [6, 6.07) is 0. The Hall–Kier alpha value is -1.37. The Balaban J connectivity index is 1.98. The first-order chi connectivity index (χ1) is 17.6. The summed E-state index contributed by atoms with van der Waals surface area (Å²) in [4.78, 5) is 24.7. The molecule has 0 aromatic rings. The number of amides is 2. The molecule has 0 saturated carbocycles. The van der Waals surface area contributed by atoms with Crippen molar-refractivity contribution in [3.8, 4) is 0 Å². The molecule has 10 atom stereocenters. The average molecular weight is 555 g/mol. The zero-order valence-electron chi connectivity index (χ0n) is 20.5. The molecule has 37 heavy (non-hydrogen) atoms. The molecular weight excluding hydrogens is 516 g/mol. The molecule has 4 unspecified atom stereocenters. The Morgan fingerprint density at radius 3 is 2.24 bits per heavy atom. The van der Waals surface area contributed by atoms with E-state index < -0.39 is 80.5 Å². The van der Waals surface area contributed by atoms with Gasteiger partial charge in [0.15, 0.2) is 12.5 Å². The van der Waals surface area contributed by atoms with Crippen LogP contribution in [0.25, 0.3) is 0 Å². The summed E-state index contributed by atoms with van der Waals surface area (Å²) in [6.07, 6.45) is -13.7. The lowest BCUT2D eigenvalue weighted by molar-refractivity contribution is -0.347. The van der Waals surface area contributed by atoms with Crippen LogP contribution in [-0.4, -0.2) is 152 Å². The van der Waals surface area contributed by atoms with E-state index in [0.717, 1.165) is 0 Å². The van der Waals surface area contributed by atoms with Gasteiger partial charge in [0.25, 0.3) is 0 Å². The quantitative estimate of drug-likeness (QED) is 0.0802. The fourth-order valence-electron chi connectivity index (χ4n) is 4.05. The van der Waals surface area contributed by atoms with Crippen LogP contribution in [0.5, 0.6) is 0 Å². The van der Waals surface area contributed by atoms with E-state index in [1.807, 2.05) is 0 Å². The minimum atomic E-state index is -1.77. The van der Waals surface area contributed by atoms with Crippen molar-refractivity contribution < 1.29 is 59.5 Å². The fourth-order valence-corrected chi connectivity index (χ4v) is 4.83. The van der Waals surface area contributed by atoms with Crippen molar-refractivity contribution >= 4 is 23.6 Å². The van der Waals surface area contributed by atoms with Gasteiger partial charge in [-0.15, -0.1) is 0 Å². The number of hydrogen-bond acceptors (Lipinski definition) is 13. The number of ether oxygens (including phenoxy) is 3. The molecule has 2 amide bonds. The second kappa shape index (κ2) is 15.3. The molecule has 2 aliphatic rings. The van der Waals surface area contributed by atoms with Crippen LogP contribution < -0.4 is 5.32 Å². The lowest BCUT2D eigenvalue weighted by Crippen LogP contribution is -2.67. The smallest absolute Gasteiger partial charge is 0.243 e. The first kappa shape index (κ1) is 31.8. The molecule has 0 radical (unpaired) electrons. The highest BCUT2D eigenvalue weighted by atomic mass is 32.2. The van der Waals surface area contributed by atoms with Crippen LogP contribution in [0.4, 0.5) is 0 Å². The first-order valence-electron chi connectivity index (χ1n) is 11.9. The molecule has 0 bridgehead atoms. The van der Waals surface area contributed by atoms with Crippen LogP contribution >= 0.6 is 11.8 Å². The van der Waals surface area contributed by atoms with Crippen molar-refractivity contribution in [1.82, 2.24) is 10.2 Å². The molecule has 2 fully saturated rings. The third-order valence-corrected chi connectivity index (χ3v) is 7.18. The maximum atomic E-state index is 12.3. The second-order valence-corrected chi connectivity index (χ2v) is 9.93. The number of aliphatic hydroxyl groups is 7. The normalized spacial score (nSPS) is 36.1. The predicted octanol–water partition coefficient (Wildman–Crippen LogP) is -4.12. The number of nitrogens with one attached hydrogen (secondary N) is 1. The molecule has 2 saturated heterocycles. The molecule has 2 rings (SSSR count). The summed E-state index contributed by atoms with van der Waals surface area (Å²) < 4.78 is 16.5. The van der Waals surface area contributed by atoms with E-state index in [4.69, 9.17) is 14.2 Å². The van der Waals surface area contributed by atoms with Crippen LogP contribution in [0.2, 0.25) is 0 Å². The topological polar surface area (TPSA) is 219 Å². The molecular formula is C22H38N2O12S. The van der Waals surface area contributed by atoms with Gasteiger partial charge in [0, 0.05) is 25.8 Å². The van der Waals surface area contributed by atoms with Gasteiger partial charge in [0.2, 0.25) is 11.8 Å². The van der Waals surface area contributed by atoms with E-state index in [2.05, 4.69) is 11.9 Å². The van der Waals surface area contributed by atoms with Crippen LogP contribution in [0, 0.1) is 0 Å². The highest BCUT2D eigenvalue weighted by molar-refractivity contribution is 7.99. The third-order valence-electron chi connectivity index (χ3n) is 6.11. The summed E-state index contributed by atoms with van der Waals surface area (Å²) in [5.41, 5.74) is 0.